The number of aliphatic carboxylic acids is 1. The van der Waals surface area contributed by atoms with Gasteiger partial charge in [-0.3, -0.25) is 24.1 Å². The zero-order valence-corrected chi connectivity index (χ0v) is 14.3. The Labute approximate surface area is 146 Å². The number of amides is 3. The third-order valence-electron chi connectivity index (χ3n) is 4.33. The predicted octanol–water partition coefficient (Wildman–Crippen LogP) is 1.51. The maximum Gasteiger partial charge on any atom is 0.305 e. The summed E-state index contributed by atoms with van der Waals surface area (Å²) in [6, 6.07) is 4.40. The molecule has 24 heavy (non-hydrogen) atoms. The van der Waals surface area contributed by atoms with Crippen LogP contribution in [0.25, 0.3) is 0 Å². The Bertz CT molecular complexity index is 748. The van der Waals surface area contributed by atoms with Crippen LogP contribution in [0.1, 0.15) is 40.0 Å². The van der Waals surface area contributed by atoms with Crippen LogP contribution in [0, 0.1) is 0 Å². The largest absolute Gasteiger partial charge is 0.481 e. The fraction of sp³-hybridized carbons (Fsp3) is 0.375. The van der Waals surface area contributed by atoms with Crippen molar-refractivity contribution < 1.29 is 24.3 Å². The minimum Gasteiger partial charge on any atom is -0.481 e. The van der Waals surface area contributed by atoms with E-state index in [0.29, 0.717) is 17.4 Å². The first-order valence-electron chi connectivity index (χ1n) is 7.55. The van der Waals surface area contributed by atoms with Crippen molar-refractivity contribution in [3.05, 3.63) is 33.8 Å². The highest BCUT2D eigenvalue weighted by Crippen LogP contribution is 2.27. The van der Waals surface area contributed by atoms with Crippen molar-refractivity contribution in [3.63, 3.8) is 0 Å². The Morgan fingerprint density at radius 2 is 1.92 bits per heavy atom. The number of halogens is 1. The monoisotopic (exact) mass is 394 g/mol. The Kier molecular flexibility index (Phi) is 4.40. The molecule has 1 aromatic carbocycles. The van der Waals surface area contributed by atoms with Gasteiger partial charge in [0.25, 0.3) is 11.8 Å². The summed E-state index contributed by atoms with van der Waals surface area (Å²) in [5.74, 6) is -2.36. The number of hydrogen-bond donors (Lipinski definition) is 1. The van der Waals surface area contributed by atoms with Crippen molar-refractivity contribution in [2.24, 2.45) is 0 Å². The second-order valence-corrected chi connectivity index (χ2v) is 6.78. The van der Waals surface area contributed by atoms with Gasteiger partial charge in [0.1, 0.15) is 6.54 Å². The average Bonchev–Trinajstić information content (AvgIpc) is 3.06. The number of carbonyl (C=O) groups excluding carboxylic acids is 3. The van der Waals surface area contributed by atoms with Crippen molar-refractivity contribution in [1.29, 1.82) is 0 Å². The summed E-state index contributed by atoms with van der Waals surface area (Å²) in [7, 11) is 0. The molecule has 0 bridgehead atoms. The third kappa shape index (κ3) is 2.93. The van der Waals surface area contributed by atoms with E-state index in [0.717, 1.165) is 11.3 Å². The first-order chi connectivity index (χ1) is 11.4. The maximum atomic E-state index is 12.5. The molecule has 3 rings (SSSR count). The summed E-state index contributed by atoms with van der Waals surface area (Å²) in [5.41, 5.74) is 0.546. The van der Waals surface area contributed by atoms with Crippen molar-refractivity contribution in [2.45, 2.75) is 25.3 Å². The predicted molar refractivity (Wildman–Crippen MR) is 86.5 cm³/mol. The van der Waals surface area contributed by atoms with Gasteiger partial charge < -0.3 is 10.0 Å². The molecule has 1 saturated heterocycles. The molecule has 8 heteroatoms. The number of rotatable bonds is 4. The summed E-state index contributed by atoms with van der Waals surface area (Å²) < 4.78 is 0.677. The third-order valence-corrected chi connectivity index (χ3v) is 4.83. The average molecular weight is 395 g/mol. The van der Waals surface area contributed by atoms with E-state index in [2.05, 4.69) is 15.9 Å². The van der Waals surface area contributed by atoms with Crippen LogP contribution in [0.2, 0.25) is 0 Å². The van der Waals surface area contributed by atoms with Crippen molar-refractivity contribution in [1.82, 2.24) is 9.80 Å². The van der Waals surface area contributed by atoms with Crippen LogP contribution in [0.4, 0.5) is 0 Å². The van der Waals surface area contributed by atoms with E-state index in [4.69, 9.17) is 5.11 Å². The number of carbonyl (C=O) groups is 4. The topological polar surface area (TPSA) is 95.0 Å². The zero-order chi connectivity index (χ0) is 17.4. The van der Waals surface area contributed by atoms with E-state index < -0.39 is 23.7 Å². The quantitative estimate of drug-likeness (QED) is 0.780. The number of carboxylic acid groups (broad SMARTS) is 1. The molecule has 126 valence electrons. The molecule has 3 amide bonds. The molecule has 1 aromatic rings. The van der Waals surface area contributed by atoms with Crippen LogP contribution in [-0.4, -0.2) is 57.7 Å². The number of imide groups is 1. The molecule has 2 aliphatic rings. The van der Waals surface area contributed by atoms with E-state index in [-0.39, 0.29) is 30.1 Å². The molecule has 0 spiro atoms. The Morgan fingerprint density at radius 3 is 2.62 bits per heavy atom. The molecule has 2 aliphatic heterocycles. The molecule has 0 aromatic heterocycles. The van der Waals surface area contributed by atoms with Gasteiger partial charge >= 0.3 is 5.97 Å². The first kappa shape index (κ1) is 16.6. The first-order valence-corrected chi connectivity index (χ1v) is 8.35. The smallest absolute Gasteiger partial charge is 0.305 e. The fourth-order valence-electron chi connectivity index (χ4n) is 3.21. The summed E-state index contributed by atoms with van der Waals surface area (Å²) in [6.07, 6.45) is 1.21. The van der Waals surface area contributed by atoms with Gasteiger partial charge in [0.2, 0.25) is 5.91 Å². The van der Waals surface area contributed by atoms with Crippen LogP contribution >= 0.6 is 15.9 Å². The number of fused-ring (bicyclic) bond motifs is 1. The van der Waals surface area contributed by atoms with Gasteiger partial charge in [0.05, 0.1) is 17.5 Å². The molecular weight excluding hydrogens is 380 g/mol. The van der Waals surface area contributed by atoms with Gasteiger partial charge in [0, 0.05) is 17.1 Å². The van der Waals surface area contributed by atoms with Crippen LogP contribution in [0.15, 0.2) is 22.7 Å². The second kappa shape index (κ2) is 6.35. The number of benzene rings is 1. The Hall–Kier alpha value is -2.22. The Morgan fingerprint density at radius 1 is 1.21 bits per heavy atom. The zero-order valence-electron chi connectivity index (χ0n) is 12.7. The van der Waals surface area contributed by atoms with Gasteiger partial charge in [0.15, 0.2) is 0 Å². The summed E-state index contributed by atoms with van der Waals surface area (Å²) >= 11 is 3.25. The molecule has 1 N–H and O–H groups in total. The van der Waals surface area contributed by atoms with Gasteiger partial charge in [-0.05, 0) is 31.0 Å². The normalized spacial score (nSPS) is 19.8. The van der Waals surface area contributed by atoms with E-state index in [9.17, 15) is 19.2 Å². The van der Waals surface area contributed by atoms with Crippen molar-refractivity contribution in [3.8, 4) is 0 Å². The van der Waals surface area contributed by atoms with Crippen LogP contribution in [0.3, 0.4) is 0 Å². The number of nitrogens with zero attached hydrogens (tertiary/aromatic N) is 2. The lowest BCUT2D eigenvalue weighted by Crippen LogP contribution is -2.45. The van der Waals surface area contributed by atoms with Crippen LogP contribution in [0.5, 0.6) is 0 Å². The second-order valence-electron chi connectivity index (χ2n) is 5.87. The molecule has 0 radical (unpaired) electrons. The molecule has 2 heterocycles. The highest BCUT2D eigenvalue weighted by Gasteiger charge is 2.39. The summed E-state index contributed by atoms with van der Waals surface area (Å²) in [5, 5.41) is 8.93. The molecule has 7 nitrogen and oxygen atoms in total. The van der Waals surface area contributed by atoms with Gasteiger partial charge in [-0.15, -0.1) is 0 Å². The Balaban J connectivity index is 1.75. The molecule has 0 aliphatic carbocycles. The van der Waals surface area contributed by atoms with E-state index >= 15 is 0 Å². The summed E-state index contributed by atoms with van der Waals surface area (Å²) in [4.78, 5) is 50.5. The fourth-order valence-corrected chi connectivity index (χ4v) is 3.57. The van der Waals surface area contributed by atoms with Crippen molar-refractivity contribution >= 4 is 39.6 Å². The minimum absolute atomic E-state index is 0.124. The highest BCUT2D eigenvalue weighted by atomic mass is 79.9. The van der Waals surface area contributed by atoms with Crippen molar-refractivity contribution in [2.75, 3.05) is 13.1 Å². The SMILES string of the molecule is O=C(O)CC1CCCN1C(=O)CN1C(=O)c2ccc(Br)cc2C1=O. The van der Waals surface area contributed by atoms with Gasteiger partial charge in [-0.1, -0.05) is 15.9 Å². The maximum absolute atomic E-state index is 12.5. The lowest BCUT2D eigenvalue weighted by Gasteiger charge is -2.25. The molecule has 1 atom stereocenters. The summed E-state index contributed by atoms with van der Waals surface area (Å²) in [6.45, 7) is 0.0889. The lowest BCUT2D eigenvalue weighted by atomic mass is 10.1. The highest BCUT2D eigenvalue weighted by molar-refractivity contribution is 9.10. The van der Waals surface area contributed by atoms with E-state index in [1.165, 1.54) is 4.90 Å². The van der Waals surface area contributed by atoms with E-state index in [1.807, 2.05) is 0 Å². The minimum atomic E-state index is -0.967. The van der Waals surface area contributed by atoms with E-state index in [1.54, 1.807) is 18.2 Å². The lowest BCUT2D eigenvalue weighted by molar-refractivity contribution is -0.140. The molecule has 0 saturated carbocycles. The number of likely N-dealkylation sites (tertiary alicyclic amines) is 1. The number of carboxylic acids is 1. The standard InChI is InChI=1S/C16H15BrN2O5/c17-9-3-4-11-12(6-9)16(24)19(15(11)23)8-13(20)18-5-1-2-10(18)7-14(21)22/h3-4,6,10H,1-2,5,7-8H2,(H,21,22). The number of hydrogen-bond acceptors (Lipinski definition) is 4. The molecule has 1 fully saturated rings. The van der Waals surface area contributed by atoms with Gasteiger partial charge in [-0.25, -0.2) is 0 Å². The molecule has 1 unspecified atom stereocenters. The molecular formula is C16H15BrN2O5. The van der Waals surface area contributed by atoms with Crippen LogP contribution < -0.4 is 0 Å². The van der Waals surface area contributed by atoms with Crippen LogP contribution in [-0.2, 0) is 9.59 Å². The van der Waals surface area contributed by atoms with Gasteiger partial charge in [-0.2, -0.15) is 0 Å².